The summed E-state index contributed by atoms with van der Waals surface area (Å²) >= 11 is 0. The first-order valence-electron chi connectivity index (χ1n) is 7.68. The molecule has 0 heterocycles. The molecule has 2 aromatic carbocycles. The molecule has 8 heteroatoms. The van der Waals surface area contributed by atoms with E-state index >= 15 is 0 Å². The number of anilines is 4. The van der Waals surface area contributed by atoms with Gasteiger partial charge < -0.3 is 37.1 Å². The van der Waals surface area contributed by atoms with Gasteiger partial charge in [0.1, 0.15) is 24.0 Å². The predicted octanol–water partition coefficient (Wildman–Crippen LogP) is 1.56. The molecule has 8 nitrogen and oxygen atoms in total. The van der Waals surface area contributed by atoms with Crippen LogP contribution in [0.25, 0.3) is 0 Å². The summed E-state index contributed by atoms with van der Waals surface area (Å²) in [4.78, 5) is 0. The van der Waals surface area contributed by atoms with Gasteiger partial charge >= 0.3 is 0 Å². The van der Waals surface area contributed by atoms with Gasteiger partial charge in [-0.15, -0.1) is 0 Å². The Morgan fingerprint density at radius 1 is 0.960 bits per heavy atom. The van der Waals surface area contributed by atoms with Gasteiger partial charge in [-0.1, -0.05) is 0 Å². The highest BCUT2D eigenvalue weighted by atomic mass is 16.5. The number of aliphatic hydroxyl groups is 1. The van der Waals surface area contributed by atoms with Crippen LogP contribution in [0.2, 0.25) is 0 Å². The zero-order valence-electron chi connectivity index (χ0n) is 14.7. The van der Waals surface area contributed by atoms with E-state index in [9.17, 15) is 0 Å². The maximum atomic E-state index is 9.04. The van der Waals surface area contributed by atoms with Crippen LogP contribution in [0.1, 0.15) is 13.8 Å². The second-order valence-electron chi connectivity index (χ2n) is 5.40. The van der Waals surface area contributed by atoms with Gasteiger partial charge in [0.25, 0.3) is 0 Å². The fourth-order valence-electron chi connectivity index (χ4n) is 1.94. The highest BCUT2D eigenvalue weighted by Gasteiger charge is 2.02. The molecule has 0 radical (unpaired) electrons. The van der Waals surface area contributed by atoms with E-state index < -0.39 is 6.23 Å². The topological polar surface area (TPSA) is 155 Å². The number of hydrogen-bond donors (Lipinski definition) is 6. The Labute approximate surface area is 147 Å². The maximum absolute atomic E-state index is 9.04. The minimum Gasteiger partial charge on any atom is -0.495 e. The Hall–Kier alpha value is -2.84. The molecule has 0 saturated carbocycles. The first-order chi connectivity index (χ1) is 11.7. The number of ether oxygens (including phenoxy) is 2. The summed E-state index contributed by atoms with van der Waals surface area (Å²) in [5.41, 5.74) is 24.6. The van der Waals surface area contributed by atoms with E-state index in [4.69, 9.17) is 37.5 Å². The Morgan fingerprint density at radius 3 is 2.04 bits per heavy atom. The molecule has 0 spiro atoms. The number of nitrogens with one attached hydrogen (secondary N) is 1. The smallest absolute Gasteiger partial charge is 0.144 e. The van der Waals surface area contributed by atoms with Crippen molar-refractivity contribution in [3.05, 3.63) is 36.4 Å². The van der Waals surface area contributed by atoms with Gasteiger partial charge in [-0.05, 0) is 50.2 Å². The van der Waals surface area contributed by atoms with Gasteiger partial charge in [0.2, 0.25) is 0 Å². The molecule has 2 atom stereocenters. The number of benzene rings is 2. The van der Waals surface area contributed by atoms with E-state index in [1.165, 1.54) is 0 Å². The normalized spacial score (nSPS) is 12.4. The van der Waals surface area contributed by atoms with Crippen LogP contribution in [-0.2, 0) is 0 Å². The first kappa shape index (κ1) is 20.2. The van der Waals surface area contributed by atoms with Crippen molar-refractivity contribution in [1.82, 2.24) is 0 Å². The van der Waals surface area contributed by atoms with Crippen molar-refractivity contribution >= 4 is 22.7 Å². The number of hydrogen-bond acceptors (Lipinski definition) is 8. The van der Waals surface area contributed by atoms with Crippen LogP contribution in [0.5, 0.6) is 11.5 Å². The molecule has 0 aliphatic rings. The molecular weight excluding hydrogens is 322 g/mol. The Kier molecular flexibility index (Phi) is 7.64. The second kappa shape index (κ2) is 9.45. The fourth-order valence-corrected chi connectivity index (χ4v) is 1.94. The molecule has 0 bridgehead atoms. The summed E-state index contributed by atoms with van der Waals surface area (Å²) in [5.74, 6) is 1.20. The molecule has 0 aromatic heterocycles. The molecule has 0 fully saturated rings. The summed E-state index contributed by atoms with van der Waals surface area (Å²) in [6, 6.07) is 10.3. The average molecular weight is 349 g/mol. The third-order valence-corrected chi connectivity index (χ3v) is 2.95. The minimum absolute atomic E-state index is 0.365. The zero-order chi connectivity index (χ0) is 19.0. The molecule has 0 saturated heterocycles. The first-order valence-corrected chi connectivity index (χ1v) is 7.68. The number of aliphatic hydroxyl groups excluding tert-OH is 1. The highest BCUT2D eigenvalue weighted by Crippen LogP contribution is 2.25. The molecule has 2 unspecified atom stereocenters. The van der Waals surface area contributed by atoms with Gasteiger partial charge in [0, 0.05) is 11.4 Å². The number of rotatable bonds is 5. The van der Waals surface area contributed by atoms with Crippen LogP contribution in [0.4, 0.5) is 22.7 Å². The lowest BCUT2D eigenvalue weighted by atomic mass is 10.2. The lowest BCUT2D eigenvalue weighted by molar-refractivity contribution is 0.224. The van der Waals surface area contributed by atoms with E-state index in [0.29, 0.717) is 28.6 Å². The summed E-state index contributed by atoms with van der Waals surface area (Å²) in [7, 11) is 1.56. The standard InChI is InChI=1S/C9H14N2O2.C8H13N3O/c1-6(12)11-7-3-4-9(13-2)8(10)5-7;1-5(9)12-8-3-2-6(10)4-7(8)11/h3-6,11-12H,10H2,1-2H3;2-5H,9-11H2,1H3. The Bertz CT molecular complexity index is 677. The lowest BCUT2D eigenvalue weighted by Crippen LogP contribution is -2.22. The molecule has 10 N–H and O–H groups in total. The molecule has 0 amide bonds. The van der Waals surface area contributed by atoms with Gasteiger partial charge in [-0.2, -0.15) is 0 Å². The van der Waals surface area contributed by atoms with Crippen molar-refractivity contribution in [2.45, 2.75) is 26.3 Å². The van der Waals surface area contributed by atoms with Gasteiger partial charge in [-0.25, -0.2) is 0 Å². The third kappa shape index (κ3) is 7.06. The van der Waals surface area contributed by atoms with Crippen molar-refractivity contribution in [3.63, 3.8) is 0 Å². The Balaban J connectivity index is 0.000000251. The predicted molar refractivity (Wildman–Crippen MR) is 102 cm³/mol. The van der Waals surface area contributed by atoms with Gasteiger partial charge in [0.05, 0.1) is 18.5 Å². The van der Waals surface area contributed by atoms with E-state index in [1.54, 1.807) is 57.4 Å². The summed E-state index contributed by atoms with van der Waals surface area (Å²) < 4.78 is 10.2. The van der Waals surface area contributed by atoms with E-state index in [1.807, 2.05) is 0 Å². The van der Waals surface area contributed by atoms with Gasteiger partial charge in [-0.3, -0.25) is 5.73 Å². The molecule has 138 valence electrons. The van der Waals surface area contributed by atoms with Crippen LogP contribution >= 0.6 is 0 Å². The maximum Gasteiger partial charge on any atom is 0.144 e. The SMILES string of the molecule is CC(N)Oc1ccc(N)cc1N.COc1ccc(NC(C)O)cc1N. The summed E-state index contributed by atoms with van der Waals surface area (Å²) in [6.45, 7) is 3.37. The van der Waals surface area contributed by atoms with Crippen molar-refractivity contribution in [1.29, 1.82) is 0 Å². The molecule has 0 aliphatic heterocycles. The monoisotopic (exact) mass is 349 g/mol. The third-order valence-electron chi connectivity index (χ3n) is 2.95. The largest absolute Gasteiger partial charge is 0.495 e. The van der Waals surface area contributed by atoms with E-state index in [0.717, 1.165) is 5.69 Å². The zero-order valence-corrected chi connectivity index (χ0v) is 14.7. The van der Waals surface area contributed by atoms with E-state index in [-0.39, 0.29) is 6.23 Å². The number of methoxy groups -OCH3 is 1. The van der Waals surface area contributed by atoms with Crippen molar-refractivity contribution in [2.24, 2.45) is 5.73 Å². The molecule has 2 aromatic rings. The summed E-state index contributed by atoms with van der Waals surface area (Å²) in [6.07, 6.45) is -0.955. The van der Waals surface area contributed by atoms with Crippen LogP contribution in [-0.4, -0.2) is 24.7 Å². The minimum atomic E-state index is -0.590. The quantitative estimate of drug-likeness (QED) is 0.351. The van der Waals surface area contributed by atoms with Crippen LogP contribution in [0.3, 0.4) is 0 Å². The molecule has 0 aliphatic carbocycles. The molecule has 25 heavy (non-hydrogen) atoms. The van der Waals surface area contributed by atoms with Crippen LogP contribution in [0.15, 0.2) is 36.4 Å². The lowest BCUT2D eigenvalue weighted by Gasteiger charge is -2.11. The Morgan fingerprint density at radius 2 is 1.56 bits per heavy atom. The molecule has 2 rings (SSSR count). The van der Waals surface area contributed by atoms with Crippen LogP contribution < -0.4 is 37.7 Å². The number of nitrogen functional groups attached to an aromatic ring is 3. The summed E-state index contributed by atoms with van der Waals surface area (Å²) in [5, 5.41) is 11.9. The highest BCUT2D eigenvalue weighted by molar-refractivity contribution is 5.62. The van der Waals surface area contributed by atoms with Crippen molar-refractivity contribution in [3.8, 4) is 11.5 Å². The molecular formula is C17H27N5O3. The van der Waals surface area contributed by atoms with Crippen LogP contribution in [0, 0.1) is 0 Å². The van der Waals surface area contributed by atoms with Crippen molar-refractivity contribution < 1.29 is 14.6 Å². The van der Waals surface area contributed by atoms with E-state index in [2.05, 4.69) is 5.32 Å². The second-order valence-corrected chi connectivity index (χ2v) is 5.40. The fraction of sp³-hybridized carbons (Fsp3) is 0.294. The van der Waals surface area contributed by atoms with Gasteiger partial charge in [0.15, 0.2) is 0 Å². The number of nitrogens with two attached hydrogens (primary N) is 4. The average Bonchev–Trinajstić information content (AvgIpc) is 2.50. The van der Waals surface area contributed by atoms with Crippen molar-refractivity contribution in [2.75, 3.05) is 29.6 Å².